The zero-order valence-corrected chi connectivity index (χ0v) is 23.7. The van der Waals surface area contributed by atoms with Gasteiger partial charge in [-0.25, -0.2) is 0 Å². The third-order valence-electron chi connectivity index (χ3n) is 8.08. The SMILES string of the molecule is O=C(C[C@@H]1CCN2C[C@@H]1CCCOc1ccccc1CN(Cc1ccccc1Cl)CC2=O)NCc1ccccc1. The second-order valence-corrected chi connectivity index (χ2v) is 11.4. The number of amides is 2. The molecule has 210 valence electrons. The topological polar surface area (TPSA) is 61.9 Å². The first-order valence-corrected chi connectivity index (χ1v) is 14.7. The van der Waals surface area contributed by atoms with Crippen molar-refractivity contribution in [3.05, 3.63) is 101 Å². The van der Waals surface area contributed by atoms with Crippen molar-refractivity contribution in [1.82, 2.24) is 15.1 Å². The van der Waals surface area contributed by atoms with Gasteiger partial charge in [-0.2, -0.15) is 0 Å². The highest BCUT2D eigenvalue weighted by atomic mass is 35.5. The number of carbonyl (C=O) groups is 2. The average Bonchev–Trinajstić information content (AvgIpc) is 2.97. The number of para-hydroxylation sites is 1. The van der Waals surface area contributed by atoms with E-state index in [2.05, 4.69) is 16.3 Å². The van der Waals surface area contributed by atoms with E-state index in [1.165, 1.54) is 0 Å². The molecule has 2 aliphatic heterocycles. The largest absolute Gasteiger partial charge is 0.493 e. The van der Waals surface area contributed by atoms with E-state index in [0.717, 1.165) is 41.7 Å². The highest BCUT2D eigenvalue weighted by molar-refractivity contribution is 6.31. The van der Waals surface area contributed by atoms with Gasteiger partial charge in [-0.1, -0.05) is 78.3 Å². The number of nitrogens with zero attached hydrogens (tertiary/aromatic N) is 2. The lowest BCUT2D eigenvalue weighted by atomic mass is 9.80. The van der Waals surface area contributed by atoms with Gasteiger partial charge in [0.15, 0.2) is 0 Å². The van der Waals surface area contributed by atoms with Crippen LogP contribution in [0.5, 0.6) is 5.75 Å². The molecule has 5 rings (SSSR count). The molecule has 0 radical (unpaired) electrons. The molecule has 7 heteroatoms. The van der Waals surface area contributed by atoms with Crippen LogP contribution in [0.1, 0.15) is 42.4 Å². The summed E-state index contributed by atoms with van der Waals surface area (Å²) < 4.78 is 6.26. The van der Waals surface area contributed by atoms with Crippen LogP contribution in [0.15, 0.2) is 78.9 Å². The molecular weight excluding hydrogens is 522 g/mol. The Balaban J connectivity index is 1.29. The van der Waals surface area contributed by atoms with Crippen LogP contribution < -0.4 is 10.1 Å². The molecule has 3 aromatic rings. The van der Waals surface area contributed by atoms with Crippen LogP contribution >= 0.6 is 11.6 Å². The summed E-state index contributed by atoms with van der Waals surface area (Å²) >= 11 is 6.50. The molecule has 0 unspecified atom stereocenters. The second-order valence-electron chi connectivity index (χ2n) is 11.0. The highest BCUT2D eigenvalue weighted by Crippen LogP contribution is 2.31. The normalized spacial score (nSPS) is 20.3. The fraction of sp³-hybridized carbons (Fsp3) is 0.394. The minimum atomic E-state index is 0.0765. The smallest absolute Gasteiger partial charge is 0.236 e. The Morgan fingerprint density at radius 1 is 0.950 bits per heavy atom. The van der Waals surface area contributed by atoms with Crippen molar-refractivity contribution < 1.29 is 14.3 Å². The summed E-state index contributed by atoms with van der Waals surface area (Å²) in [6.07, 6.45) is 3.13. The summed E-state index contributed by atoms with van der Waals surface area (Å²) in [5.74, 6) is 1.57. The van der Waals surface area contributed by atoms with E-state index in [-0.39, 0.29) is 23.7 Å². The number of nitrogens with one attached hydrogen (secondary N) is 1. The molecule has 0 spiro atoms. The molecule has 2 amide bonds. The Morgan fingerprint density at radius 3 is 2.58 bits per heavy atom. The number of ether oxygens (including phenoxy) is 1. The molecule has 0 aliphatic carbocycles. The zero-order chi connectivity index (χ0) is 27.7. The summed E-state index contributed by atoms with van der Waals surface area (Å²) in [5.41, 5.74) is 3.16. The van der Waals surface area contributed by atoms with Gasteiger partial charge in [-0.05, 0) is 54.4 Å². The Hall–Kier alpha value is -3.35. The number of benzene rings is 3. The van der Waals surface area contributed by atoms with E-state index < -0.39 is 0 Å². The molecular formula is C33H38ClN3O3. The molecule has 2 atom stereocenters. The third-order valence-corrected chi connectivity index (χ3v) is 8.45. The van der Waals surface area contributed by atoms with Gasteiger partial charge in [-0.3, -0.25) is 14.5 Å². The van der Waals surface area contributed by atoms with E-state index >= 15 is 0 Å². The van der Waals surface area contributed by atoms with E-state index in [1.807, 2.05) is 77.7 Å². The van der Waals surface area contributed by atoms with E-state index in [1.54, 1.807) is 0 Å². The lowest BCUT2D eigenvalue weighted by Crippen LogP contribution is -2.48. The number of hydrogen-bond acceptors (Lipinski definition) is 4. The molecule has 1 N–H and O–H groups in total. The van der Waals surface area contributed by atoms with Gasteiger partial charge >= 0.3 is 0 Å². The van der Waals surface area contributed by atoms with Crippen molar-refractivity contribution in [3.63, 3.8) is 0 Å². The van der Waals surface area contributed by atoms with Crippen molar-refractivity contribution in [1.29, 1.82) is 0 Å². The van der Waals surface area contributed by atoms with Crippen molar-refractivity contribution in [2.45, 2.75) is 45.3 Å². The summed E-state index contributed by atoms with van der Waals surface area (Å²) in [4.78, 5) is 30.7. The molecule has 0 aromatic heterocycles. The maximum Gasteiger partial charge on any atom is 0.236 e. The van der Waals surface area contributed by atoms with Crippen molar-refractivity contribution in [2.75, 3.05) is 26.2 Å². The lowest BCUT2D eigenvalue weighted by molar-refractivity contribution is -0.135. The molecule has 1 fully saturated rings. The summed E-state index contributed by atoms with van der Waals surface area (Å²) in [6, 6.07) is 25.9. The lowest BCUT2D eigenvalue weighted by Gasteiger charge is -2.39. The molecule has 40 heavy (non-hydrogen) atoms. The first-order valence-electron chi connectivity index (χ1n) is 14.3. The number of fused-ring (bicyclic) bond motifs is 3. The Labute approximate surface area is 242 Å². The first kappa shape index (κ1) is 28.2. The van der Waals surface area contributed by atoms with E-state index in [9.17, 15) is 9.59 Å². The number of rotatable bonds is 6. The second kappa shape index (κ2) is 13.8. The predicted octanol–water partition coefficient (Wildman–Crippen LogP) is 5.69. The van der Waals surface area contributed by atoms with E-state index in [0.29, 0.717) is 57.3 Å². The van der Waals surface area contributed by atoms with Crippen molar-refractivity contribution >= 4 is 23.4 Å². The van der Waals surface area contributed by atoms with Gasteiger partial charge < -0.3 is 15.0 Å². The molecule has 2 heterocycles. The fourth-order valence-electron chi connectivity index (χ4n) is 5.88. The maximum atomic E-state index is 13.7. The highest BCUT2D eigenvalue weighted by Gasteiger charge is 2.33. The number of piperidine rings is 1. The minimum absolute atomic E-state index is 0.0765. The van der Waals surface area contributed by atoms with Crippen LogP contribution in [0.2, 0.25) is 5.02 Å². The fourth-order valence-corrected chi connectivity index (χ4v) is 6.08. The predicted molar refractivity (Wildman–Crippen MR) is 158 cm³/mol. The van der Waals surface area contributed by atoms with Gasteiger partial charge in [-0.15, -0.1) is 0 Å². The molecule has 6 nitrogen and oxygen atoms in total. The molecule has 1 saturated heterocycles. The van der Waals surface area contributed by atoms with Crippen molar-refractivity contribution in [3.8, 4) is 5.75 Å². The van der Waals surface area contributed by atoms with Gasteiger partial charge in [0.1, 0.15) is 5.75 Å². The van der Waals surface area contributed by atoms with Gasteiger partial charge in [0.2, 0.25) is 11.8 Å². The van der Waals surface area contributed by atoms with Gasteiger partial charge in [0.25, 0.3) is 0 Å². The van der Waals surface area contributed by atoms with Crippen LogP contribution in [-0.4, -0.2) is 47.9 Å². The van der Waals surface area contributed by atoms with Crippen LogP contribution in [0.4, 0.5) is 0 Å². The number of halogens is 1. The quantitative estimate of drug-likeness (QED) is 0.422. The van der Waals surface area contributed by atoms with Crippen LogP contribution in [-0.2, 0) is 29.2 Å². The minimum Gasteiger partial charge on any atom is -0.493 e. The number of carbonyl (C=O) groups excluding carboxylic acids is 2. The Kier molecular flexibility index (Phi) is 9.74. The average molecular weight is 560 g/mol. The monoisotopic (exact) mass is 559 g/mol. The first-order chi connectivity index (χ1) is 19.5. The molecule has 0 saturated carbocycles. The zero-order valence-electron chi connectivity index (χ0n) is 22.9. The summed E-state index contributed by atoms with van der Waals surface area (Å²) in [5, 5.41) is 3.79. The molecule has 2 bridgehead atoms. The van der Waals surface area contributed by atoms with Crippen LogP contribution in [0.3, 0.4) is 0 Å². The summed E-state index contributed by atoms with van der Waals surface area (Å²) in [7, 11) is 0. The van der Waals surface area contributed by atoms with Crippen molar-refractivity contribution in [2.24, 2.45) is 11.8 Å². The Morgan fingerprint density at radius 2 is 1.73 bits per heavy atom. The Bertz CT molecular complexity index is 1280. The number of hydrogen-bond donors (Lipinski definition) is 1. The maximum absolute atomic E-state index is 13.7. The standard InChI is InChI=1S/C33H38ClN3O3/c34-30-14-6-4-11-28(30)21-36-22-29-12-5-7-15-31(29)40-18-8-13-27-23-37(33(39)24-36)17-16-26(27)19-32(38)35-20-25-9-2-1-3-10-25/h1-7,9-12,14-15,26-27H,8,13,16-24H2,(H,35,38)/t26-,27-/m0/s1. The third kappa shape index (κ3) is 7.64. The molecule has 3 aromatic carbocycles. The summed E-state index contributed by atoms with van der Waals surface area (Å²) in [6.45, 7) is 3.97. The van der Waals surface area contributed by atoms with E-state index in [4.69, 9.17) is 16.3 Å². The van der Waals surface area contributed by atoms with Crippen LogP contribution in [0.25, 0.3) is 0 Å². The van der Waals surface area contributed by atoms with Gasteiger partial charge in [0, 0.05) is 49.7 Å². The van der Waals surface area contributed by atoms with Crippen LogP contribution in [0, 0.1) is 11.8 Å². The molecule has 2 aliphatic rings. The van der Waals surface area contributed by atoms with Gasteiger partial charge in [0.05, 0.1) is 13.2 Å².